The Balaban J connectivity index is 1.05. The summed E-state index contributed by atoms with van der Waals surface area (Å²) in [5.74, 6) is 1.06. The SMILES string of the molecule is CC1(C)C2=C(c3cc(N(c4ccc(-c5ccc(-c6ccccc6)cc5)cc4)c4ccc5c(c4)C(C)(C)c4ccccc4-5)ccc31)c1oc3ccccc3c1CC2. The van der Waals surface area contributed by atoms with Crippen molar-refractivity contribution >= 4 is 33.6 Å². The summed E-state index contributed by atoms with van der Waals surface area (Å²) in [6.45, 7) is 9.52. The third kappa shape index (κ3) is 4.81. The number of allylic oxidation sites excluding steroid dienone is 1. The lowest BCUT2D eigenvalue weighted by molar-refractivity contribution is 0.571. The molecule has 0 atom stereocenters. The molecular formula is C54H43NO. The molecular weight excluding hydrogens is 679 g/mol. The normalized spacial score (nSPS) is 15.6. The van der Waals surface area contributed by atoms with Gasteiger partial charge in [-0.1, -0.05) is 149 Å². The largest absolute Gasteiger partial charge is 0.456 e. The van der Waals surface area contributed by atoms with Gasteiger partial charge in [0.1, 0.15) is 11.3 Å². The number of rotatable bonds is 5. The van der Waals surface area contributed by atoms with E-state index in [2.05, 4.69) is 196 Å². The molecule has 0 spiro atoms. The Morgan fingerprint density at radius 1 is 0.446 bits per heavy atom. The van der Waals surface area contributed by atoms with Gasteiger partial charge < -0.3 is 9.32 Å². The van der Waals surface area contributed by atoms with Gasteiger partial charge >= 0.3 is 0 Å². The predicted molar refractivity (Wildman–Crippen MR) is 233 cm³/mol. The third-order valence-corrected chi connectivity index (χ3v) is 13.1. The summed E-state index contributed by atoms with van der Waals surface area (Å²) in [6.07, 6.45) is 2.05. The van der Waals surface area contributed by atoms with Crippen molar-refractivity contribution in [1.82, 2.24) is 0 Å². The fourth-order valence-corrected chi connectivity index (χ4v) is 10.1. The van der Waals surface area contributed by atoms with Crippen LogP contribution in [0.2, 0.25) is 0 Å². The van der Waals surface area contributed by atoms with Crippen molar-refractivity contribution in [3.05, 3.63) is 203 Å². The van der Waals surface area contributed by atoms with Crippen LogP contribution < -0.4 is 4.90 Å². The van der Waals surface area contributed by atoms with Crippen LogP contribution in [0.1, 0.15) is 67.7 Å². The van der Waals surface area contributed by atoms with Gasteiger partial charge in [0.15, 0.2) is 0 Å². The van der Waals surface area contributed by atoms with Crippen molar-refractivity contribution in [2.45, 2.75) is 51.4 Å². The molecule has 2 heteroatoms. The minimum Gasteiger partial charge on any atom is -0.456 e. The molecule has 56 heavy (non-hydrogen) atoms. The van der Waals surface area contributed by atoms with E-state index < -0.39 is 0 Å². The Labute approximate surface area is 329 Å². The van der Waals surface area contributed by atoms with Crippen LogP contribution in [-0.4, -0.2) is 0 Å². The number of hydrogen-bond acceptors (Lipinski definition) is 2. The van der Waals surface area contributed by atoms with Crippen LogP contribution >= 0.6 is 0 Å². The maximum Gasteiger partial charge on any atom is 0.139 e. The summed E-state index contributed by atoms with van der Waals surface area (Å²) in [6, 6.07) is 60.3. The molecule has 270 valence electrons. The van der Waals surface area contributed by atoms with E-state index in [1.807, 2.05) is 0 Å². The third-order valence-electron chi connectivity index (χ3n) is 13.1. The van der Waals surface area contributed by atoms with Crippen LogP contribution in [-0.2, 0) is 17.3 Å². The van der Waals surface area contributed by atoms with Gasteiger partial charge in [0.05, 0.1) is 0 Å². The second kappa shape index (κ2) is 12.1. The maximum absolute atomic E-state index is 6.74. The van der Waals surface area contributed by atoms with Crippen molar-refractivity contribution < 1.29 is 4.42 Å². The Kier molecular flexibility index (Phi) is 7.11. The highest BCUT2D eigenvalue weighted by molar-refractivity contribution is 5.97. The zero-order valence-electron chi connectivity index (χ0n) is 32.4. The van der Waals surface area contributed by atoms with Crippen LogP contribution in [0, 0.1) is 0 Å². The molecule has 0 unspecified atom stereocenters. The molecule has 11 rings (SSSR count). The lowest BCUT2D eigenvalue weighted by Gasteiger charge is -2.29. The molecule has 2 nitrogen and oxygen atoms in total. The fourth-order valence-electron chi connectivity index (χ4n) is 10.1. The smallest absolute Gasteiger partial charge is 0.139 e. The summed E-state index contributed by atoms with van der Waals surface area (Å²) in [5.41, 5.74) is 21.3. The van der Waals surface area contributed by atoms with E-state index in [1.54, 1.807) is 0 Å². The molecule has 1 aromatic heterocycles. The quantitative estimate of drug-likeness (QED) is 0.176. The summed E-state index contributed by atoms with van der Waals surface area (Å²) < 4.78 is 6.74. The lowest BCUT2D eigenvalue weighted by Crippen LogP contribution is -2.19. The van der Waals surface area contributed by atoms with Gasteiger partial charge in [-0.05, 0) is 117 Å². The van der Waals surface area contributed by atoms with Crippen molar-refractivity contribution in [2.24, 2.45) is 0 Å². The zero-order valence-corrected chi connectivity index (χ0v) is 32.4. The molecule has 0 fully saturated rings. The second-order valence-corrected chi connectivity index (χ2v) is 16.8. The molecule has 0 aliphatic heterocycles. The Morgan fingerprint density at radius 3 is 1.79 bits per heavy atom. The van der Waals surface area contributed by atoms with Gasteiger partial charge in [-0.25, -0.2) is 0 Å². The van der Waals surface area contributed by atoms with E-state index >= 15 is 0 Å². The van der Waals surface area contributed by atoms with E-state index in [0.29, 0.717) is 0 Å². The number of para-hydroxylation sites is 1. The molecule has 3 aliphatic carbocycles. The van der Waals surface area contributed by atoms with Crippen LogP contribution in [0.15, 0.2) is 174 Å². The summed E-state index contributed by atoms with van der Waals surface area (Å²) in [7, 11) is 0. The number of furan rings is 1. The molecule has 0 saturated heterocycles. The van der Waals surface area contributed by atoms with Crippen LogP contribution in [0.3, 0.4) is 0 Å². The zero-order chi connectivity index (χ0) is 37.8. The van der Waals surface area contributed by atoms with E-state index in [0.717, 1.165) is 41.2 Å². The van der Waals surface area contributed by atoms with E-state index in [4.69, 9.17) is 4.42 Å². The topological polar surface area (TPSA) is 16.4 Å². The molecule has 0 radical (unpaired) electrons. The molecule has 0 amide bonds. The highest BCUT2D eigenvalue weighted by atomic mass is 16.3. The van der Waals surface area contributed by atoms with Gasteiger partial charge in [-0.3, -0.25) is 0 Å². The van der Waals surface area contributed by atoms with Crippen LogP contribution in [0.4, 0.5) is 17.1 Å². The molecule has 3 aliphatic rings. The van der Waals surface area contributed by atoms with Gasteiger partial charge in [-0.15, -0.1) is 0 Å². The van der Waals surface area contributed by atoms with E-state index in [1.165, 1.54) is 77.7 Å². The van der Waals surface area contributed by atoms with Crippen molar-refractivity contribution in [3.63, 3.8) is 0 Å². The van der Waals surface area contributed by atoms with Crippen molar-refractivity contribution in [2.75, 3.05) is 4.90 Å². The Morgan fingerprint density at radius 2 is 1.02 bits per heavy atom. The highest BCUT2D eigenvalue weighted by Crippen LogP contribution is 2.56. The van der Waals surface area contributed by atoms with Gasteiger partial charge in [0.25, 0.3) is 0 Å². The van der Waals surface area contributed by atoms with E-state index in [9.17, 15) is 0 Å². The van der Waals surface area contributed by atoms with Crippen LogP contribution in [0.5, 0.6) is 0 Å². The number of aryl methyl sites for hydroxylation is 1. The minimum atomic E-state index is -0.106. The lowest BCUT2D eigenvalue weighted by atomic mass is 9.77. The first-order valence-corrected chi connectivity index (χ1v) is 20.0. The first-order chi connectivity index (χ1) is 27.3. The molecule has 1 heterocycles. The number of hydrogen-bond donors (Lipinski definition) is 0. The molecule has 0 N–H and O–H groups in total. The summed E-state index contributed by atoms with van der Waals surface area (Å²) >= 11 is 0. The number of anilines is 3. The fraction of sp³-hybridized carbons (Fsp3) is 0.148. The Bertz CT molecular complexity index is 2890. The number of nitrogens with zero attached hydrogens (tertiary/aromatic N) is 1. The first-order valence-electron chi connectivity index (χ1n) is 20.0. The summed E-state index contributed by atoms with van der Waals surface area (Å²) in [4.78, 5) is 2.45. The average molecular weight is 722 g/mol. The number of fused-ring (bicyclic) bond motifs is 9. The maximum atomic E-state index is 6.74. The average Bonchev–Trinajstić information content (AvgIpc) is 3.81. The van der Waals surface area contributed by atoms with Gasteiger partial charge in [0.2, 0.25) is 0 Å². The summed E-state index contributed by atoms with van der Waals surface area (Å²) in [5, 5.41) is 1.25. The molecule has 0 bridgehead atoms. The standard InChI is InChI=1S/C54H43NO/c1-53(2)47-30-27-39(32-45(47)51-48(53)31-29-44-43-15-9-11-17-50(43)56-52(44)51)55(40-26-28-42-41-14-8-10-16-46(41)54(3,4)49(42)33-40)38-24-22-37(23-25-38)36-20-18-35(19-21-36)34-12-6-5-7-13-34/h5-28,30,32-33H,29,31H2,1-4H3. The van der Waals surface area contributed by atoms with E-state index in [-0.39, 0.29) is 10.8 Å². The molecule has 8 aromatic rings. The monoisotopic (exact) mass is 721 g/mol. The highest BCUT2D eigenvalue weighted by Gasteiger charge is 2.43. The number of benzene rings is 7. The molecule has 7 aromatic carbocycles. The first kappa shape index (κ1) is 33.0. The van der Waals surface area contributed by atoms with Gasteiger partial charge in [0, 0.05) is 44.4 Å². The molecule has 0 saturated carbocycles. The predicted octanol–water partition coefficient (Wildman–Crippen LogP) is 14.6. The van der Waals surface area contributed by atoms with Gasteiger partial charge in [-0.2, -0.15) is 0 Å². The van der Waals surface area contributed by atoms with Crippen LogP contribution in [0.25, 0.3) is 49.9 Å². The van der Waals surface area contributed by atoms with Crippen molar-refractivity contribution in [1.29, 1.82) is 0 Å². The van der Waals surface area contributed by atoms with Crippen molar-refractivity contribution in [3.8, 4) is 33.4 Å². The second-order valence-electron chi connectivity index (χ2n) is 16.8. The minimum absolute atomic E-state index is 0.0776. The Hall–Kier alpha value is -6.38.